The van der Waals surface area contributed by atoms with Crippen molar-refractivity contribution in [3.8, 4) is 0 Å². The van der Waals surface area contributed by atoms with Crippen molar-refractivity contribution in [1.82, 2.24) is 15.8 Å². The number of halogens is 1. The van der Waals surface area contributed by atoms with E-state index < -0.39 is 0 Å². The van der Waals surface area contributed by atoms with E-state index in [-0.39, 0.29) is 0 Å². The average molecular weight is 245 g/mol. The number of hydrogen-bond acceptors (Lipinski definition) is 4. The van der Waals surface area contributed by atoms with Gasteiger partial charge in [0.1, 0.15) is 6.67 Å². The first-order valence-electron chi connectivity index (χ1n) is 4.45. The molecule has 2 heterocycles. The zero-order valence-electron chi connectivity index (χ0n) is 7.33. The molecule has 0 aromatic heterocycles. The van der Waals surface area contributed by atoms with Gasteiger partial charge >= 0.3 is 0 Å². The van der Waals surface area contributed by atoms with Crippen LogP contribution in [-0.2, 0) is 0 Å². The predicted molar refractivity (Wildman–Crippen MR) is 56.6 cm³/mol. The molecule has 13 heavy (non-hydrogen) atoms. The Labute approximate surface area is 86.2 Å². The fraction of sp³-hybridized carbons (Fsp3) is 0.625. The van der Waals surface area contributed by atoms with Crippen molar-refractivity contribution < 1.29 is 0 Å². The van der Waals surface area contributed by atoms with Gasteiger partial charge in [0.05, 0.1) is 4.48 Å². The summed E-state index contributed by atoms with van der Waals surface area (Å²) >= 11 is 3.39. The molecular weight excluding hydrogens is 232 g/mol. The van der Waals surface area contributed by atoms with Gasteiger partial charge in [-0.2, -0.15) is 0 Å². The van der Waals surface area contributed by atoms with Gasteiger partial charge in [-0.1, -0.05) is 0 Å². The van der Waals surface area contributed by atoms with E-state index >= 15 is 0 Å². The van der Waals surface area contributed by atoms with E-state index in [0.717, 1.165) is 17.6 Å². The first kappa shape index (κ1) is 9.18. The summed E-state index contributed by atoms with van der Waals surface area (Å²) in [4.78, 5) is 4.18. The van der Waals surface area contributed by atoms with Gasteiger partial charge in [-0.15, -0.1) is 0 Å². The molecule has 0 aromatic rings. The molecule has 72 valence electrons. The normalized spacial score (nSPS) is 27.9. The molecule has 1 saturated heterocycles. The topological polar surface area (TPSA) is 39.7 Å². The molecule has 1 unspecified atom stereocenters. The van der Waals surface area contributed by atoms with Crippen LogP contribution < -0.4 is 10.7 Å². The largest absolute Gasteiger partial charge is 0.315 e. The van der Waals surface area contributed by atoms with Gasteiger partial charge in [0.2, 0.25) is 0 Å². The van der Waals surface area contributed by atoms with Crippen molar-refractivity contribution in [1.29, 1.82) is 0 Å². The Hall–Kier alpha value is -0.390. The molecule has 0 aliphatic carbocycles. The summed E-state index contributed by atoms with van der Waals surface area (Å²) in [6.45, 7) is 2.86. The third-order valence-electron chi connectivity index (χ3n) is 2.14. The molecule has 2 aliphatic heterocycles. The maximum absolute atomic E-state index is 4.18. The second-order valence-electron chi connectivity index (χ2n) is 3.26. The molecule has 2 aliphatic rings. The standard InChI is InChI=1S/C8H13BrN4/c9-7-3-11-6-13(5-7)12-8-1-2-10-4-8/h3,5,8,10,12H,1-2,4,6H2. The van der Waals surface area contributed by atoms with Gasteiger partial charge in [-0.3, -0.25) is 10.0 Å². The van der Waals surface area contributed by atoms with Crippen LogP contribution in [0.3, 0.4) is 0 Å². The van der Waals surface area contributed by atoms with Crippen LogP contribution in [-0.4, -0.2) is 37.0 Å². The Balaban J connectivity index is 1.84. The molecule has 0 radical (unpaired) electrons. The monoisotopic (exact) mass is 244 g/mol. The lowest BCUT2D eigenvalue weighted by atomic mass is 10.3. The maximum atomic E-state index is 4.18. The van der Waals surface area contributed by atoms with Gasteiger partial charge in [-0.25, -0.2) is 5.43 Å². The molecule has 0 amide bonds. The molecule has 4 nitrogen and oxygen atoms in total. The van der Waals surface area contributed by atoms with Crippen molar-refractivity contribution in [2.75, 3.05) is 19.8 Å². The van der Waals surface area contributed by atoms with Crippen LogP contribution in [0.5, 0.6) is 0 Å². The molecule has 0 spiro atoms. The number of rotatable bonds is 2. The molecule has 0 saturated carbocycles. The van der Waals surface area contributed by atoms with Crippen LogP contribution in [0.4, 0.5) is 0 Å². The van der Waals surface area contributed by atoms with Gasteiger partial charge in [0, 0.05) is 25.0 Å². The van der Waals surface area contributed by atoms with E-state index in [9.17, 15) is 0 Å². The van der Waals surface area contributed by atoms with Gasteiger partial charge < -0.3 is 5.32 Å². The second-order valence-corrected chi connectivity index (χ2v) is 4.17. The lowest BCUT2D eigenvalue weighted by Crippen LogP contribution is -2.43. The minimum absolute atomic E-state index is 0.546. The summed E-state index contributed by atoms with van der Waals surface area (Å²) in [7, 11) is 0. The fourth-order valence-corrected chi connectivity index (χ4v) is 1.91. The van der Waals surface area contributed by atoms with Gasteiger partial charge in [0.15, 0.2) is 0 Å². The quantitative estimate of drug-likeness (QED) is 0.741. The summed E-state index contributed by atoms with van der Waals surface area (Å²) in [6.07, 6.45) is 5.03. The maximum Gasteiger partial charge on any atom is 0.124 e. The van der Waals surface area contributed by atoms with Crippen LogP contribution in [0.25, 0.3) is 0 Å². The second kappa shape index (κ2) is 4.21. The summed E-state index contributed by atoms with van der Waals surface area (Å²) in [6, 6.07) is 0.546. The molecular formula is C8H13BrN4. The highest BCUT2D eigenvalue weighted by atomic mass is 79.9. The SMILES string of the molecule is BrC1=CN(NC2CCNC2)CN=C1. The summed E-state index contributed by atoms with van der Waals surface area (Å²) in [5.74, 6) is 0. The van der Waals surface area contributed by atoms with E-state index in [2.05, 4.69) is 31.7 Å². The Kier molecular flexibility index (Phi) is 2.97. The minimum atomic E-state index is 0.546. The molecule has 1 atom stereocenters. The molecule has 0 bridgehead atoms. The number of nitrogens with zero attached hydrogens (tertiary/aromatic N) is 2. The zero-order valence-corrected chi connectivity index (χ0v) is 8.92. The Morgan fingerprint density at radius 2 is 2.62 bits per heavy atom. The third kappa shape index (κ3) is 2.52. The third-order valence-corrected chi connectivity index (χ3v) is 2.55. The number of nitrogens with one attached hydrogen (secondary N) is 2. The Morgan fingerprint density at radius 3 is 3.31 bits per heavy atom. The lowest BCUT2D eigenvalue weighted by molar-refractivity contribution is 0.239. The highest BCUT2D eigenvalue weighted by Gasteiger charge is 2.16. The van der Waals surface area contributed by atoms with Crippen molar-refractivity contribution in [2.24, 2.45) is 4.99 Å². The fourth-order valence-electron chi connectivity index (χ4n) is 1.52. The first-order valence-corrected chi connectivity index (χ1v) is 5.24. The molecule has 5 heteroatoms. The van der Waals surface area contributed by atoms with Crippen LogP contribution in [0.2, 0.25) is 0 Å². The summed E-state index contributed by atoms with van der Waals surface area (Å²) in [5, 5.41) is 5.33. The van der Waals surface area contributed by atoms with Crippen LogP contribution in [0.15, 0.2) is 15.7 Å². The van der Waals surface area contributed by atoms with E-state index in [4.69, 9.17) is 0 Å². The molecule has 1 fully saturated rings. The molecule has 0 aromatic carbocycles. The van der Waals surface area contributed by atoms with E-state index in [1.54, 1.807) is 0 Å². The van der Waals surface area contributed by atoms with E-state index in [1.165, 1.54) is 6.42 Å². The van der Waals surface area contributed by atoms with Crippen LogP contribution in [0.1, 0.15) is 6.42 Å². The molecule has 2 N–H and O–H groups in total. The predicted octanol–water partition coefficient (Wildman–Crippen LogP) is 0.433. The number of allylic oxidation sites excluding steroid dienone is 1. The van der Waals surface area contributed by atoms with Crippen molar-refractivity contribution in [3.05, 3.63) is 10.7 Å². The zero-order chi connectivity index (χ0) is 9.10. The van der Waals surface area contributed by atoms with Crippen molar-refractivity contribution >= 4 is 22.1 Å². The van der Waals surface area contributed by atoms with Gasteiger partial charge in [0.25, 0.3) is 0 Å². The minimum Gasteiger partial charge on any atom is -0.315 e. The van der Waals surface area contributed by atoms with E-state index in [1.807, 2.05) is 17.4 Å². The first-order chi connectivity index (χ1) is 6.34. The Bertz CT molecular complexity index is 232. The smallest absolute Gasteiger partial charge is 0.124 e. The molecule has 2 rings (SSSR count). The highest BCUT2D eigenvalue weighted by molar-refractivity contribution is 9.12. The summed E-state index contributed by atoms with van der Waals surface area (Å²) < 4.78 is 1.01. The number of hydrazine groups is 1. The van der Waals surface area contributed by atoms with E-state index in [0.29, 0.717) is 12.7 Å². The van der Waals surface area contributed by atoms with Crippen molar-refractivity contribution in [2.45, 2.75) is 12.5 Å². The van der Waals surface area contributed by atoms with Crippen LogP contribution in [0, 0.1) is 0 Å². The summed E-state index contributed by atoms with van der Waals surface area (Å²) in [5.41, 5.74) is 3.40. The van der Waals surface area contributed by atoms with Crippen LogP contribution >= 0.6 is 15.9 Å². The lowest BCUT2D eigenvalue weighted by Gasteiger charge is -2.25. The van der Waals surface area contributed by atoms with Crippen molar-refractivity contribution in [3.63, 3.8) is 0 Å². The average Bonchev–Trinajstić information content (AvgIpc) is 2.57. The number of hydrogen-bond donors (Lipinski definition) is 2. The van der Waals surface area contributed by atoms with Gasteiger partial charge in [-0.05, 0) is 28.9 Å². The highest BCUT2D eigenvalue weighted by Crippen LogP contribution is 2.08. The number of aliphatic imine (C=N–C) groups is 1. The Morgan fingerprint density at radius 1 is 1.69 bits per heavy atom.